The van der Waals surface area contributed by atoms with Crippen molar-refractivity contribution in [2.24, 2.45) is 0 Å². The molecule has 0 N–H and O–H groups in total. The van der Waals surface area contributed by atoms with Crippen LogP contribution < -0.4 is 0 Å². The zero-order chi connectivity index (χ0) is 16.5. The predicted octanol–water partition coefficient (Wildman–Crippen LogP) is 2.40. The van der Waals surface area contributed by atoms with E-state index in [9.17, 15) is 22.8 Å². The first-order valence-electron chi connectivity index (χ1n) is 6.96. The zero-order valence-corrected chi connectivity index (χ0v) is 12.4. The monoisotopic (exact) mass is 314 g/mol. The minimum atomic E-state index is -4.43. The van der Waals surface area contributed by atoms with Crippen LogP contribution in [-0.2, 0) is 11.0 Å². The van der Waals surface area contributed by atoms with Gasteiger partial charge in [0.25, 0.3) is 5.91 Å². The lowest BCUT2D eigenvalue weighted by atomic mass is 10.1. The molecule has 4 nitrogen and oxygen atoms in total. The second-order valence-electron chi connectivity index (χ2n) is 5.48. The number of halogens is 3. The number of amides is 2. The fraction of sp³-hybridized carbons (Fsp3) is 0.467. The molecule has 1 fully saturated rings. The van der Waals surface area contributed by atoms with E-state index in [1.807, 2.05) is 13.8 Å². The number of benzene rings is 1. The second-order valence-corrected chi connectivity index (χ2v) is 5.48. The summed E-state index contributed by atoms with van der Waals surface area (Å²) in [6.45, 7) is 4.56. The van der Waals surface area contributed by atoms with Gasteiger partial charge in [-0.05, 0) is 38.1 Å². The Labute approximate surface area is 126 Å². The summed E-state index contributed by atoms with van der Waals surface area (Å²) in [4.78, 5) is 27.2. The Balaban J connectivity index is 2.08. The lowest BCUT2D eigenvalue weighted by Crippen LogP contribution is -2.54. The molecule has 1 aliphatic heterocycles. The van der Waals surface area contributed by atoms with Gasteiger partial charge in [-0.1, -0.05) is 0 Å². The third-order valence-electron chi connectivity index (χ3n) is 3.63. The first-order valence-corrected chi connectivity index (χ1v) is 6.96. The molecular weight excluding hydrogens is 297 g/mol. The van der Waals surface area contributed by atoms with E-state index < -0.39 is 17.6 Å². The van der Waals surface area contributed by atoms with E-state index >= 15 is 0 Å². The number of hydrogen-bond donors (Lipinski definition) is 0. The Morgan fingerprint density at radius 1 is 1.14 bits per heavy atom. The van der Waals surface area contributed by atoms with E-state index in [1.54, 1.807) is 4.90 Å². The maximum Gasteiger partial charge on any atom is 0.416 e. The van der Waals surface area contributed by atoms with Gasteiger partial charge < -0.3 is 9.80 Å². The molecule has 1 heterocycles. The molecule has 0 spiro atoms. The Hall–Kier alpha value is -2.05. The van der Waals surface area contributed by atoms with E-state index in [4.69, 9.17) is 0 Å². The van der Waals surface area contributed by atoms with Gasteiger partial charge in [-0.3, -0.25) is 9.59 Å². The maximum atomic E-state index is 12.5. The molecule has 0 aromatic heterocycles. The number of alkyl halides is 3. The summed E-state index contributed by atoms with van der Waals surface area (Å²) in [5.74, 6) is -0.577. The van der Waals surface area contributed by atoms with Gasteiger partial charge in [0.1, 0.15) is 6.54 Å². The summed E-state index contributed by atoms with van der Waals surface area (Å²) >= 11 is 0. The molecule has 1 aromatic rings. The van der Waals surface area contributed by atoms with Gasteiger partial charge in [-0.2, -0.15) is 13.2 Å². The molecule has 2 amide bonds. The van der Waals surface area contributed by atoms with E-state index in [0.29, 0.717) is 13.1 Å². The second kappa shape index (κ2) is 5.98. The van der Waals surface area contributed by atoms with Crippen LogP contribution >= 0.6 is 0 Å². The van der Waals surface area contributed by atoms with E-state index in [0.717, 1.165) is 24.3 Å². The number of hydrogen-bond acceptors (Lipinski definition) is 2. The van der Waals surface area contributed by atoms with E-state index in [1.165, 1.54) is 4.90 Å². The minimum Gasteiger partial charge on any atom is -0.337 e. The summed E-state index contributed by atoms with van der Waals surface area (Å²) < 4.78 is 37.5. The van der Waals surface area contributed by atoms with Crippen molar-refractivity contribution >= 4 is 11.8 Å². The van der Waals surface area contributed by atoms with Crippen LogP contribution in [0.3, 0.4) is 0 Å². The van der Waals surface area contributed by atoms with Gasteiger partial charge in [0.05, 0.1) is 5.56 Å². The highest BCUT2D eigenvalue weighted by Crippen LogP contribution is 2.29. The summed E-state index contributed by atoms with van der Waals surface area (Å²) in [6.07, 6.45) is -4.43. The highest BCUT2D eigenvalue weighted by Gasteiger charge is 2.32. The van der Waals surface area contributed by atoms with Crippen LogP contribution in [0.1, 0.15) is 29.8 Å². The van der Waals surface area contributed by atoms with Crippen LogP contribution in [0.4, 0.5) is 13.2 Å². The predicted molar refractivity (Wildman–Crippen MR) is 74.2 cm³/mol. The molecule has 0 bridgehead atoms. The van der Waals surface area contributed by atoms with Crippen LogP contribution in [0.15, 0.2) is 24.3 Å². The molecule has 0 radical (unpaired) electrons. The van der Waals surface area contributed by atoms with Crippen molar-refractivity contribution in [1.29, 1.82) is 0 Å². The van der Waals surface area contributed by atoms with Gasteiger partial charge >= 0.3 is 6.18 Å². The van der Waals surface area contributed by atoms with E-state index in [2.05, 4.69) is 0 Å². The summed E-state index contributed by atoms with van der Waals surface area (Å²) in [6, 6.07) is 4.10. The lowest BCUT2D eigenvalue weighted by molar-refractivity contribution is -0.138. The van der Waals surface area contributed by atoms with Gasteiger partial charge in [-0.25, -0.2) is 0 Å². The quantitative estimate of drug-likeness (QED) is 0.841. The Morgan fingerprint density at radius 2 is 1.73 bits per heavy atom. The van der Waals surface area contributed by atoms with Crippen molar-refractivity contribution in [2.45, 2.75) is 26.1 Å². The number of carbonyl (C=O) groups is 2. The van der Waals surface area contributed by atoms with Gasteiger partial charge in [0.2, 0.25) is 5.91 Å². The van der Waals surface area contributed by atoms with Crippen molar-refractivity contribution in [3.8, 4) is 0 Å². The fourth-order valence-corrected chi connectivity index (χ4v) is 2.39. The molecule has 120 valence electrons. The topological polar surface area (TPSA) is 40.6 Å². The average Bonchev–Trinajstić information content (AvgIpc) is 2.45. The number of rotatable bonds is 2. The summed E-state index contributed by atoms with van der Waals surface area (Å²) in [7, 11) is 0. The molecule has 0 saturated carbocycles. The van der Waals surface area contributed by atoms with Gasteiger partial charge in [0, 0.05) is 24.7 Å². The molecular formula is C15H17F3N2O2. The lowest BCUT2D eigenvalue weighted by Gasteiger charge is -2.36. The van der Waals surface area contributed by atoms with Crippen LogP contribution in [0.5, 0.6) is 0 Å². The highest BCUT2D eigenvalue weighted by molar-refractivity contribution is 5.97. The molecule has 1 aliphatic rings. The molecule has 0 unspecified atom stereocenters. The van der Waals surface area contributed by atoms with Gasteiger partial charge in [0.15, 0.2) is 0 Å². The molecule has 1 saturated heterocycles. The average molecular weight is 314 g/mol. The molecule has 0 atom stereocenters. The largest absolute Gasteiger partial charge is 0.416 e. The van der Waals surface area contributed by atoms with Crippen molar-refractivity contribution in [1.82, 2.24) is 9.80 Å². The van der Waals surface area contributed by atoms with Crippen LogP contribution in [0.25, 0.3) is 0 Å². The highest BCUT2D eigenvalue weighted by atomic mass is 19.4. The summed E-state index contributed by atoms with van der Waals surface area (Å²) in [5, 5.41) is 0. The maximum absolute atomic E-state index is 12.5. The first kappa shape index (κ1) is 16.3. The van der Waals surface area contributed by atoms with Crippen molar-refractivity contribution < 1.29 is 22.8 Å². The Morgan fingerprint density at radius 3 is 2.18 bits per heavy atom. The molecule has 22 heavy (non-hydrogen) atoms. The van der Waals surface area contributed by atoms with Crippen molar-refractivity contribution in [3.05, 3.63) is 35.4 Å². The zero-order valence-electron chi connectivity index (χ0n) is 12.4. The Kier molecular flexibility index (Phi) is 4.44. The number of carbonyl (C=O) groups excluding carboxylic acids is 2. The minimum absolute atomic E-state index is 0.0436. The smallest absolute Gasteiger partial charge is 0.337 e. The van der Waals surface area contributed by atoms with Crippen molar-refractivity contribution in [2.75, 3.05) is 19.6 Å². The molecule has 0 aliphatic carbocycles. The van der Waals surface area contributed by atoms with Crippen LogP contribution in [0, 0.1) is 0 Å². The van der Waals surface area contributed by atoms with E-state index in [-0.39, 0.29) is 24.1 Å². The fourth-order valence-electron chi connectivity index (χ4n) is 2.39. The van der Waals surface area contributed by atoms with Crippen molar-refractivity contribution in [3.63, 3.8) is 0 Å². The third-order valence-corrected chi connectivity index (χ3v) is 3.63. The number of piperazine rings is 1. The Bertz CT molecular complexity index is 567. The van der Waals surface area contributed by atoms with Crippen LogP contribution in [0.2, 0.25) is 0 Å². The van der Waals surface area contributed by atoms with Gasteiger partial charge in [-0.15, -0.1) is 0 Å². The molecule has 1 aromatic carbocycles. The normalized spacial score (nSPS) is 16.4. The molecule has 7 heteroatoms. The number of nitrogens with zero attached hydrogens (tertiary/aromatic N) is 2. The summed E-state index contributed by atoms with van der Waals surface area (Å²) in [5.41, 5.74) is -0.649. The third kappa shape index (κ3) is 3.40. The standard InChI is InChI=1S/C15H17F3N2O2/c1-10(2)20-8-7-19(9-13(20)21)14(22)11-3-5-12(6-4-11)15(16,17)18/h3-6,10H,7-9H2,1-2H3. The SMILES string of the molecule is CC(C)N1CCN(C(=O)c2ccc(C(F)(F)F)cc2)CC1=O. The first-order chi connectivity index (χ1) is 10.2. The van der Waals surface area contributed by atoms with Crippen LogP contribution in [-0.4, -0.2) is 47.3 Å². The molecule has 2 rings (SSSR count).